The Kier molecular flexibility index (Phi) is 5.26. The van der Waals surface area contributed by atoms with Crippen LogP contribution in [0.1, 0.15) is 25.3 Å². The molecule has 1 fully saturated rings. The van der Waals surface area contributed by atoms with Gasteiger partial charge in [0.25, 0.3) is 0 Å². The lowest BCUT2D eigenvalue weighted by Crippen LogP contribution is -2.35. The number of thiocarbonyl (C=S) groups is 1. The summed E-state index contributed by atoms with van der Waals surface area (Å²) >= 11 is 5.07. The Labute approximate surface area is 129 Å². The number of carbonyl (C=O) groups is 1. The fourth-order valence-corrected chi connectivity index (χ4v) is 2.21. The zero-order chi connectivity index (χ0) is 15.2. The lowest BCUT2D eigenvalue weighted by molar-refractivity contribution is 0.158. The standard InChI is InChI=1S/C13H19N5O2S/c1-3-20-13(19)17-12(21)16-10-9(2)8-14-11(15-10)18-6-4-5-7-18/h8H,3-7H2,1-2H3,(H2,14,15,16,17,19,21). The number of hydrogen-bond donors (Lipinski definition) is 2. The molecule has 2 rings (SSSR count). The van der Waals surface area contributed by atoms with Crippen LogP contribution in [0.4, 0.5) is 16.6 Å². The summed E-state index contributed by atoms with van der Waals surface area (Å²) in [7, 11) is 0. The number of amides is 1. The quantitative estimate of drug-likeness (QED) is 0.825. The highest BCUT2D eigenvalue weighted by Crippen LogP contribution is 2.19. The topological polar surface area (TPSA) is 79.4 Å². The smallest absolute Gasteiger partial charge is 0.413 e. The van der Waals surface area contributed by atoms with Crippen molar-refractivity contribution in [1.82, 2.24) is 15.3 Å². The number of aromatic nitrogens is 2. The maximum atomic E-state index is 11.3. The number of rotatable bonds is 3. The Morgan fingerprint density at radius 3 is 2.86 bits per heavy atom. The minimum absolute atomic E-state index is 0.155. The van der Waals surface area contributed by atoms with E-state index in [4.69, 9.17) is 17.0 Å². The van der Waals surface area contributed by atoms with Crippen molar-refractivity contribution >= 4 is 35.2 Å². The van der Waals surface area contributed by atoms with Crippen LogP contribution in [-0.2, 0) is 4.74 Å². The van der Waals surface area contributed by atoms with Crippen LogP contribution in [0.5, 0.6) is 0 Å². The molecule has 0 spiro atoms. The van der Waals surface area contributed by atoms with E-state index in [2.05, 4.69) is 25.5 Å². The van der Waals surface area contributed by atoms with E-state index in [0.29, 0.717) is 18.4 Å². The maximum Gasteiger partial charge on any atom is 0.413 e. The Bertz CT molecular complexity index is 531. The van der Waals surface area contributed by atoms with Gasteiger partial charge in [0, 0.05) is 24.8 Å². The molecule has 1 aliphatic rings. The van der Waals surface area contributed by atoms with Crippen molar-refractivity contribution in [2.45, 2.75) is 26.7 Å². The van der Waals surface area contributed by atoms with Crippen molar-refractivity contribution in [3.05, 3.63) is 11.8 Å². The Morgan fingerprint density at radius 2 is 2.19 bits per heavy atom. The molecular formula is C13H19N5O2S. The molecule has 0 unspecified atom stereocenters. The molecule has 0 radical (unpaired) electrons. The van der Waals surface area contributed by atoms with E-state index in [9.17, 15) is 4.79 Å². The van der Waals surface area contributed by atoms with E-state index < -0.39 is 6.09 Å². The normalized spacial score (nSPS) is 13.9. The minimum Gasteiger partial charge on any atom is -0.450 e. The summed E-state index contributed by atoms with van der Waals surface area (Å²) in [5, 5.41) is 5.49. The van der Waals surface area contributed by atoms with Gasteiger partial charge < -0.3 is 15.0 Å². The van der Waals surface area contributed by atoms with Crippen molar-refractivity contribution in [2.75, 3.05) is 29.9 Å². The van der Waals surface area contributed by atoms with Gasteiger partial charge in [0.15, 0.2) is 5.11 Å². The molecule has 0 aromatic carbocycles. The fraction of sp³-hybridized carbons (Fsp3) is 0.538. The molecular weight excluding hydrogens is 290 g/mol. The van der Waals surface area contributed by atoms with Crippen molar-refractivity contribution in [3.63, 3.8) is 0 Å². The Hall–Kier alpha value is -1.96. The number of nitrogens with zero attached hydrogens (tertiary/aromatic N) is 3. The van der Waals surface area contributed by atoms with Gasteiger partial charge in [0.1, 0.15) is 5.82 Å². The first kappa shape index (κ1) is 15.4. The maximum absolute atomic E-state index is 11.3. The largest absolute Gasteiger partial charge is 0.450 e. The number of nitrogens with one attached hydrogen (secondary N) is 2. The number of anilines is 2. The average molecular weight is 309 g/mol. The van der Waals surface area contributed by atoms with Gasteiger partial charge in [0.2, 0.25) is 5.95 Å². The molecule has 1 aromatic rings. The number of hydrogen-bond acceptors (Lipinski definition) is 6. The minimum atomic E-state index is -0.582. The third kappa shape index (κ3) is 4.25. The SMILES string of the molecule is CCOC(=O)NC(=S)Nc1nc(N2CCCC2)ncc1C. The number of alkyl carbamates (subject to hydrolysis) is 1. The van der Waals surface area contributed by atoms with Crippen molar-refractivity contribution in [2.24, 2.45) is 0 Å². The van der Waals surface area contributed by atoms with Gasteiger partial charge in [-0.1, -0.05) is 0 Å². The van der Waals surface area contributed by atoms with E-state index in [1.807, 2.05) is 6.92 Å². The summed E-state index contributed by atoms with van der Waals surface area (Å²) in [6, 6.07) is 0. The molecule has 1 saturated heterocycles. The zero-order valence-electron chi connectivity index (χ0n) is 12.2. The first-order chi connectivity index (χ1) is 10.1. The van der Waals surface area contributed by atoms with Crippen molar-refractivity contribution < 1.29 is 9.53 Å². The van der Waals surface area contributed by atoms with Crippen LogP contribution in [0.15, 0.2) is 6.20 Å². The summed E-state index contributed by atoms with van der Waals surface area (Å²) in [5.41, 5.74) is 0.853. The molecule has 0 bridgehead atoms. The van der Waals surface area contributed by atoms with Crippen molar-refractivity contribution in [3.8, 4) is 0 Å². The van der Waals surface area contributed by atoms with Crippen LogP contribution in [0, 0.1) is 6.92 Å². The lowest BCUT2D eigenvalue weighted by atomic mass is 10.3. The second-order valence-electron chi connectivity index (χ2n) is 4.70. The van der Waals surface area contributed by atoms with Crippen LogP contribution in [0.3, 0.4) is 0 Å². The molecule has 114 valence electrons. The Morgan fingerprint density at radius 1 is 1.48 bits per heavy atom. The molecule has 2 heterocycles. The summed E-state index contributed by atoms with van der Waals surface area (Å²) in [4.78, 5) is 22.2. The van der Waals surface area contributed by atoms with Gasteiger partial charge in [-0.2, -0.15) is 4.98 Å². The second kappa shape index (κ2) is 7.16. The van der Waals surface area contributed by atoms with Gasteiger partial charge in [-0.3, -0.25) is 5.32 Å². The van der Waals surface area contributed by atoms with Gasteiger partial charge in [-0.05, 0) is 38.9 Å². The first-order valence-corrected chi connectivity index (χ1v) is 7.34. The molecule has 1 amide bonds. The molecule has 7 nitrogen and oxygen atoms in total. The molecule has 8 heteroatoms. The highest BCUT2D eigenvalue weighted by Gasteiger charge is 2.16. The monoisotopic (exact) mass is 309 g/mol. The molecule has 0 atom stereocenters. The van der Waals surface area contributed by atoms with Crippen LogP contribution in [-0.4, -0.2) is 40.9 Å². The summed E-state index contributed by atoms with van der Waals surface area (Å²) in [6.07, 6.45) is 3.48. The molecule has 21 heavy (non-hydrogen) atoms. The lowest BCUT2D eigenvalue weighted by Gasteiger charge is -2.17. The van der Waals surface area contributed by atoms with Crippen LogP contribution < -0.4 is 15.5 Å². The van der Waals surface area contributed by atoms with E-state index >= 15 is 0 Å². The average Bonchev–Trinajstić information content (AvgIpc) is 2.95. The van der Waals surface area contributed by atoms with Crippen LogP contribution >= 0.6 is 12.2 Å². The summed E-state index contributed by atoms with van der Waals surface area (Å²) in [5.74, 6) is 1.27. The predicted octanol–water partition coefficient (Wildman–Crippen LogP) is 1.83. The van der Waals surface area contributed by atoms with Gasteiger partial charge in [0.05, 0.1) is 6.61 Å². The predicted molar refractivity (Wildman–Crippen MR) is 84.6 cm³/mol. The zero-order valence-corrected chi connectivity index (χ0v) is 13.0. The van der Waals surface area contributed by atoms with Crippen LogP contribution in [0.2, 0.25) is 0 Å². The number of ether oxygens (including phenoxy) is 1. The first-order valence-electron chi connectivity index (χ1n) is 6.93. The number of aryl methyl sites for hydroxylation is 1. The van der Waals surface area contributed by atoms with Gasteiger partial charge >= 0.3 is 6.09 Å². The Balaban J connectivity index is 2.03. The fourth-order valence-electron chi connectivity index (χ4n) is 2.03. The second-order valence-corrected chi connectivity index (χ2v) is 5.10. The van der Waals surface area contributed by atoms with E-state index in [1.54, 1.807) is 13.1 Å². The third-order valence-corrected chi connectivity index (χ3v) is 3.27. The van der Waals surface area contributed by atoms with Gasteiger partial charge in [-0.25, -0.2) is 9.78 Å². The van der Waals surface area contributed by atoms with Gasteiger partial charge in [-0.15, -0.1) is 0 Å². The summed E-state index contributed by atoms with van der Waals surface area (Å²) in [6.45, 7) is 5.83. The number of carbonyl (C=O) groups excluding carboxylic acids is 1. The third-order valence-electron chi connectivity index (χ3n) is 3.07. The molecule has 2 N–H and O–H groups in total. The van der Waals surface area contributed by atoms with Crippen molar-refractivity contribution in [1.29, 1.82) is 0 Å². The highest BCUT2D eigenvalue weighted by atomic mass is 32.1. The molecule has 0 aliphatic carbocycles. The summed E-state index contributed by atoms with van der Waals surface area (Å²) < 4.78 is 4.77. The van der Waals surface area contributed by atoms with Crippen LogP contribution in [0.25, 0.3) is 0 Å². The van der Waals surface area contributed by atoms with E-state index in [-0.39, 0.29) is 5.11 Å². The molecule has 0 saturated carbocycles. The molecule has 1 aliphatic heterocycles. The van der Waals surface area contributed by atoms with E-state index in [1.165, 1.54) is 0 Å². The highest BCUT2D eigenvalue weighted by molar-refractivity contribution is 7.80. The molecule has 1 aromatic heterocycles. The van der Waals surface area contributed by atoms with E-state index in [0.717, 1.165) is 31.5 Å².